The van der Waals surface area contributed by atoms with Crippen LogP contribution in [0.25, 0.3) is 9.40 Å². The molecular formula is C7H3O2S2-. The Kier molecular flexibility index (Phi) is 1.44. The maximum Gasteiger partial charge on any atom is 0.0871 e. The van der Waals surface area contributed by atoms with E-state index in [1.54, 1.807) is 17.4 Å². The van der Waals surface area contributed by atoms with Crippen LogP contribution in [0.1, 0.15) is 9.67 Å². The molecule has 2 rings (SSSR count). The Morgan fingerprint density at radius 3 is 3.00 bits per heavy atom. The molecule has 0 N–H and O–H groups in total. The topological polar surface area (TPSA) is 40.1 Å². The lowest BCUT2D eigenvalue weighted by Crippen LogP contribution is -2.20. The second-order valence-electron chi connectivity index (χ2n) is 2.06. The van der Waals surface area contributed by atoms with Crippen LogP contribution in [0, 0.1) is 0 Å². The number of carboxylic acid groups (broad SMARTS) is 1. The van der Waals surface area contributed by atoms with Crippen molar-refractivity contribution in [2.45, 2.75) is 0 Å². The number of aromatic carboxylic acids is 1. The van der Waals surface area contributed by atoms with Crippen LogP contribution in [-0.2, 0) is 0 Å². The van der Waals surface area contributed by atoms with Crippen molar-refractivity contribution >= 4 is 38.0 Å². The molecule has 0 spiro atoms. The van der Waals surface area contributed by atoms with Crippen molar-refractivity contribution in [3.05, 3.63) is 22.4 Å². The van der Waals surface area contributed by atoms with Gasteiger partial charge in [-0.1, -0.05) is 0 Å². The third-order valence-electron chi connectivity index (χ3n) is 1.35. The summed E-state index contributed by atoms with van der Waals surface area (Å²) < 4.78 is 1.05. The zero-order chi connectivity index (χ0) is 7.84. The van der Waals surface area contributed by atoms with Gasteiger partial charge in [0.1, 0.15) is 0 Å². The molecule has 0 saturated carbocycles. The fraction of sp³-hybridized carbons (Fsp3) is 0. The lowest BCUT2D eigenvalue weighted by atomic mass is 10.4. The van der Waals surface area contributed by atoms with Gasteiger partial charge in [-0.3, -0.25) is 0 Å². The Hall–Kier alpha value is -0.870. The average molecular weight is 183 g/mol. The minimum Gasteiger partial charge on any atom is -0.544 e. The van der Waals surface area contributed by atoms with Gasteiger partial charge in [-0.05, 0) is 17.5 Å². The quantitative estimate of drug-likeness (QED) is 0.669. The predicted molar refractivity (Wildman–Crippen MR) is 44.0 cm³/mol. The molecular weight excluding hydrogens is 180 g/mol. The molecule has 0 fully saturated rings. The minimum absolute atomic E-state index is 0.312. The van der Waals surface area contributed by atoms with Crippen molar-refractivity contribution in [1.29, 1.82) is 0 Å². The van der Waals surface area contributed by atoms with Crippen molar-refractivity contribution in [2.24, 2.45) is 0 Å². The second kappa shape index (κ2) is 2.32. The molecule has 0 unspecified atom stereocenters. The maximum absolute atomic E-state index is 10.4. The molecule has 0 radical (unpaired) electrons. The molecule has 4 heteroatoms. The first-order valence-corrected chi connectivity index (χ1v) is 4.65. The van der Waals surface area contributed by atoms with E-state index < -0.39 is 5.97 Å². The van der Waals surface area contributed by atoms with E-state index in [0.717, 1.165) is 9.40 Å². The molecule has 11 heavy (non-hydrogen) atoms. The highest BCUT2D eigenvalue weighted by Gasteiger charge is 2.01. The van der Waals surface area contributed by atoms with Crippen LogP contribution in [0.2, 0.25) is 0 Å². The van der Waals surface area contributed by atoms with Gasteiger partial charge in [0.25, 0.3) is 0 Å². The fourth-order valence-corrected chi connectivity index (χ4v) is 2.81. The maximum atomic E-state index is 10.4. The molecule has 0 amide bonds. The van der Waals surface area contributed by atoms with Crippen LogP contribution >= 0.6 is 22.7 Å². The lowest BCUT2D eigenvalue weighted by molar-refractivity contribution is -0.254. The van der Waals surface area contributed by atoms with Gasteiger partial charge in [0, 0.05) is 5.39 Å². The smallest absolute Gasteiger partial charge is 0.0871 e. The molecule has 2 aromatic heterocycles. The summed E-state index contributed by atoms with van der Waals surface area (Å²) >= 11 is 2.82. The molecule has 0 aliphatic rings. The number of thiophene rings is 2. The van der Waals surface area contributed by atoms with E-state index in [9.17, 15) is 9.90 Å². The Bertz CT molecular complexity index is 371. The van der Waals surface area contributed by atoms with Gasteiger partial charge in [-0.2, -0.15) is 0 Å². The van der Waals surface area contributed by atoms with Crippen molar-refractivity contribution in [3.8, 4) is 0 Å². The standard InChI is InChI=1S/C7H4O2S2/c8-6(9)5-3-4-1-2-10-7(4)11-5/h1-3H,(H,8,9)/p-1. The van der Waals surface area contributed by atoms with Crippen LogP contribution in [-0.4, -0.2) is 5.97 Å². The highest BCUT2D eigenvalue weighted by atomic mass is 32.2. The molecule has 2 heterocycles. The first-order chi connectivity index (χ1) is 5.27. The van der Waals surface area contributed by atoms with Gasteiger partial charge < -0.3 is 9.90 Å². The number of fused-ring (bicyclic) bond motifs is 1. The van der Waals surface area contributed by atoms with E-state index in [0.29, 0.717) is 4.88 Å². The summed E-state index contributed by atoms with van der Waals surface area (Å²) in [6.45, 7) is 0. The molecule has 0 aliphatic heterocycles. The molecule has 0 aromatic carbocycles. The van der Waals surface area contributed by atoms with Gasteiger partial charge in [0.05, 0.1) is 14.9 Å². The van der Waals surface area contributed by atoms with Crippen LogP contribution in [0.4, 0.5) is 0 Å². The van der Waals surface area contributed by atoms with Gasteiger partial charge >= 0.3 is 0 Å². The summed E-state index contributed by atoms with van der Waals surface area (Å²) in [5, 5.41) is 13.3. The van der Waals surface area contributed by atoms with E-state index >= 15 is 0 Å². The number of hydrogen-bond donors (Lipinski definition) is 0. The number of hydrogen-bond acceptors (Lipinski definition) is 4. The predicted octanol–water partition coefficient (Wildman–Crippen LogP) is 1.33. The molecule has 56 valence electrons. The monoisotopic (exact) mass is 183 g/mol. The zero-order valence-corrected chi connectivity index (χ0v) is 7.00. The van der Waals surface area contributed by atoms with Crippen molar-refractivity contribution in [2.75, 3.05) is 0 Å². The Morgan fingerprint density at radius 2 is 2.36 bits per heavy atom. The van der Waals surface area contributed by atoms with Crippen LogP contribution in [0.3, 0.4) is 0 Å². The summed E-state index contributed by atoms with van der Waals surface area (Å²) in [5.41, 5.74) is 0. The number of carbonyl (C=O) groups excluding carboxylic acids is 1. The van der Waals surface area contributed by atoms with E-state index in [1.165, 1.54) is 11.3 Å². The normalized spacial score (nSPS) is 10.5. The fourth-order valence-electron chi connectivity index (χ4n) is 0.866. The van der Waals surface area contributed by atoms with Gasteiger partial charge in [-0.15, -0.1) is 22.7 Å². The van der Waals surface area contributed by atoms with Gasteiger partial charge in [0.2, 0.25) is 0 Å². The van der Waals surface area contributed by atoms with E-state index in [1.807, 2.05) is 11.4 Å². The first-order valence-electron chi connectivity index (χ1n) is 2.96. The summed E-state index contributed by atoms with van der Waals surface area (Å²) in [4.78, 5) is 10.7. The lowest BCUT2D eigenvalue weighted by Gasteiger charge is -1.92. The summed E-state index contributed by atoms with van der Waals surface area (Å²) in [6, 6.07) is 3.55. The SMILES string of the molecule is O=C([O-])c1cc2ccsc2s1. The zero-order valence-electron chi connectivity index (χ0n) is 5.37. The summed E-state index contributed by atoms with van der Waals surface area (Å²) in [7, 11) is 0. The summed E-state index contributed by atoms with van der Waals surface area (Å²) in [6.07, 6.45) is 0. The molecule has 0 aliphatic carbocycles. The molecule has 0 saturated heterocycles. The summed E-state index contributed by atoms with van der Waals surface area (Å²) in [5.74, 6) is -1.08. The Balaban J connectivity index is 2.67. The largest absolute Gasteiger partial charge is 0.544 e. The molecule has 0 atom stereocenters. The van der Waals surface area contributed by atoms with Crippen LogP contribution in [0.5, 0.6) is 0 Å². The van der Waals surface area contributed by atoms with Crippen LogP contribution in [0.15, 0.2) is 17.5 Å². The highest BCUT2D eigenvalue weighted by Crippen LogP contribution is 2.29. The third kappa shape index (κ3) is 1.04. The van der Waals surface area contributed by atoms with E-state index in [-0.39, 0.29) is 0 Å². The minimum atomic E-state index is -1.08. The molecule has 2 nitrogen and oxygen atoms in total. The van der Waals surface area contributed by atoms with Crippen molar-refractivity contribution in [1.82, 2.24) is 0 Å². The number of rotatable bonds is 1. The number of carboxylic acids is 1. The Morgan fingerprint density at radius 1 is 1.55 bits per heavy atom. The highest BCUT2D eigenvalue weighted by molar-refractivity contribution is 7.38. The van der Waals surface area contributed by atoms with Gasteiger partial charge in [0.15, 0.2) is 0 Å². The average Bonchev–Trinajstić information content (AvgIpc) is 2.40. The Labute approximate surface area is 70.7 Å². The van der Waals surface area contributed by atoms with Gasteiger partial charge in [-0.25, -0.2) is 0 Å². The number of carbonyl (C=O) groups is 1. The molecule has 0 bridgehead atoms. The van der Waals surface area contributed by atoms with E-state index in [4.69, 9.17) is 0 Å². The van der Waals surface area contributed by atoms with E-state index in [2.05, 4.69) is 0 Å². The molecule has 2 aromatic rings. The third-order valence-corrected chi connectivity index (χ3v) is 3.53. The van der Waals surface area contributed by atoms with Crippen molar-refractivity contribution < 1.29 is 9.90 Å². The van der Waals surface area contributed by atoms with Crippen LogP contribution < -0.4 is 5.11 Å². The second-order valence-corrected chi connectivity index (χ2v) is 4.29. The van der Waals surface area contributed by atoms with Crippen molar-refractivity contribution in [3.63, 3.8) is 0 Å². The first kappa shape index (κ1) is 6.82.